The van der Waals surface area contributed by atoms with Crippen LogP contribution in [0.15, 0.2) is 27.8 Å². The van der Waals surface area contributed by atoms with Gasteiger partial charge in [0.2, 0.25) is 10.0 Å². The maximum absolute atomic E-state index is 12.7. The van der Waals surface area contributed by atoms with Crippen molar-refractivity contribution in [1.29, 1.82) is 0 Å². The first-order valence-electron chi connectivity index (χ1n) is 6.49. The van der Waals surface area contributed by atoms with Crippen LogP contribution in [0.1, 0.15) is 13.8 Å². The Morgan fingerprint density at radius 1 is 1.25 bits per heavy atom. The highest BCUT2D eigenvalue weighted by atomic mass is 79.9. The van der Waals surface area contributed by atoms with Gasteiger partial charge in [0.05, 0.1) is 0 Å². The molecule has 0 saturated carbocycles. The number of hydrogen-bond acceptors (Lipinski definition) is 4. The Morgan fingerprint density at radius 3 is 2.40 bits per heavy atom. The highest BCUT2D eigenvalue weighted by molar-refractivity contribution is 9.10. The normalized spacial score (nSPS) is 12.6. The Labute approximate surface area is 130 Å². The van der Waals surface area contributed by atoms with E-state index in [9.17, 15) is 8.42 Å². The zero-order valence-corrected chi connectivity index (χ0v) is 14.8. The molecule has 0 aliphatic rings. The van der Waals surface area contributed by atoms with Gasteiger partial charge in [0.15, 0.2) is 0 Å². The molecule has 1 aromatic heterocycles. The van der Waals surface area contributed by atoms with Crippen LogP contribution in [0.2, 0.25) is 0 Å². The molecule has 0 amide bonds. The van der Waals surface area contributed by atoms with Crippen molar-refractivity contribution in [2.75, 3.05) is 33.7 Å². The fourth-order valence-corrected chi connectivity index (χ4v) is 3.81. The van der Waals surface area contributed by atoms with E-state index in [0.29, 0.717) is 24.1 Å². The topological polar surface area (TPSA) is 53.5 Å². The van der Waals surface area contributed by atoms with Crippen molar-refractivity contribution in [3.63, 3.8) is 0 Å². The van der Waals surface area contributed by atoms with E-state index in [1.54, 1.807) is 12.3 Å². The van der Waals surface area contributed by atoms with Crippen molar-refractivity contribution in [2.45, 2.75) is 18.7 Å². The van der Waals surface area contributed by atoms with Crippen molar-refractivity contribution >= 4 is 26.0 Å². The molecular weight excluding hydrogens is 342 g/mol. The Hall–Kier alpha value is -0.500. The van der Waals surface area contributed by atoms with Gasteiger partial charge in [-0.25, -0.2) is 8.42 Å². The molecule has 20 heavy (non-hydrogen) atoms. The third-order valence-corrected chi connectivity index (χ3v) is 4.95. The molecule has 0 radical (unpaired) electrons. The second-order valence-electron chi connectivity index (χ2n) is 5.40. The number of rotatable bonds is 7. The van der Waals surface area contributed by atoms with Gasteiger partial charge in [0, 0.05) is 36.5 Å². The zero-order chi connectivity index (χ0) is 15.3. The molecule has 0 N–H and O–H groups in total. The fraction of sp³-hybridized carbons (Fsp3) is 0.615. The summed E-state index contributed by atoms with van der Waals surface area (Å²) in [5, 5.41) is 0. The van der Waals surface area contributed by atoms with Gasteiger partial charge in [0.1, 0.15) is 4.90 Å². The molecule has 114 valence electrons. The minimum atomic E-state index is -3.50. The highest BCUT2D eigenvalue weighted by Crippen LogP contribution is 2.19. The molecule has 0 aliphatic carbocycles. The first kappa shape index (κ1) is 17.6. The minimum absolute atomic E-state index is 0.228. The van der Waals surface area contributed by atoms with E-state index in [4.69, 9.17) is 0 Å². The van der Waals surface area contributed by atoms with Crippen LogP contribution in [-0.2, 0) is 10.0 Å². The SMILES string of the molecule is CC(C)CN(CCN(C)C)S(=O)(=O)c1cncc(Br)c1. The number of pyridine rings is 1. The van der Waals surface area contributed by atoms with E-state index in [1.807, 2.05) is 32.8 Å². The van der Waals surface area contributed by atoms with E-state index in [1.165, 1.54) is 10.5 Å². The zero-order valence-electron chi connectivity index (χ0n) is 12.4. The maximum Gasteiger partial charge on any atom is 0.244 e. The Balaban J connectivity index is 3.03. The minimum Gasteiger partial charge on any atom is -0.308 e. The van der Waals surface area contributed by atoms with Gasteiger partial charge in [-0.2, -0.15) is 4.31 Å². The van der Waals surface area contributed by atoms with Gasteiger partial charge >= 0.3 is 0 Å². The predicted octanol–water partition coefficient (Wildman–Crippen LogP) is 2.05. The molecular formula is C13H22BrN3O2S. The van der Waals surface area contributed by atoms with E-state index in [-0.39, 0.29) is 10.8 Å². The summed E-state index contributed by atoms with van der Waals surface area (Å²) in [5.74, 6) is 0.270. The largest absolute Gasteiger partial charge is 0.308 e. The summed E-state index contributed by atoms with van der Waals surface area (Å²) in [7, 11) is 0.363. The lowest BCUT2D eigenvalue weighted by atomic mass is 10.2. The first-order valence-corrected chi connectivity index (χ1v) is 8.72. The molecule has 0 aliphatic heterocycles. The smallest absolute Gasteiger partial charge is 0.244 e. The lowest BCUT2D eigenvalue weighted by molar-refractivity contribution is 0.312. The molecule has 0 bridgehead atoms. The van der Waals surface area contributed by atoms with Gasteiger partial charge in [-0.05, 0) is 42.0 Å². The number of hydrogen-bond donors (Lipinski definition) is 0. The van der Waals surface area contributed by atoms with Crippen LogP contribution in [0.25, 0.3) is 0 Å². The summed E-state index contributed by atoms with van der Waals surface area (Å²) in [4.78, 5) is 6.15. The monoisotopic (exact) mass is 363 g/mol. The van der Waals surface area contributed by atoms with Crippen molar-refractivity contribution in [3.05, 3.63) is 22.9 Å². The number of nitrogens with zero attached hydrogens (tertiary/aromatic N) is 3. The molecule has 0 fully saturated rings. The van der Waals surface area contributed by atoms with Crippen LogP contribution in [-0.4, -0.2) is 56.3 Å². The second kappa shape index (κ2) is 7.49. The summed E-state index contributed by atoms with van der Waals surface area (Å²) in [6, 6.07) is 1.59. The predicted molar refractivity (Wildman–Crippen MR) is 84.1 cm³/mol. The van der Waals surface area contributed by atoms with Gasteiger partial charge in [-0.1, -0.05) is 13.8 Å². The van der Waals surface area contributed by atoms with Crippen LogP contribution in [0, 0.1) is 5.92 Å². The van der Waals surface area contributed by atoms with Crippen LogP contribution < -0.4 is 0 Å². The van der Waals surface area contributed by atoms with Crippen molar-refractivity contribution in [3.8, 4) is 0 Å². The van der Waals surface area contributed by atoms with Crippen molar-refractivity contribution < 1.29 is 8.42 Å². The lowest BCUT2D eigenvalue weighted by Gasteiger charge is -2.25. The average Bonchev–Trinajstić information content (AvgIpc) is 2.33. The summed E-state index contributed by atoms with van der Waals surface area (Å²) in [6.07, 6.45) is 2.97. The number of halogens is 1. The van der Waals surface area contributed by atoms with Gasteiger partial charge in [-0.15, -0.1) is 0 Å². The lowest BCUT2D eigenvalue weighted by Crippen LogP contribution is -2.39. The van der Waals surface area contributed by atoms with Crippen LogP contribution in [0.3, 0.4) is 0 Å². The first-order chi connectivity index (χ1) is 9.23. The summed E-state index contributed by atoms with van der Waals surface area (Å²) in [5.41, 5.74) is 0. The Bertz CT molecular complexity index is 532. The number of aromatic nitrogens is 1. The Morgan fingerprint density at radius 2 is 1.90 bits per heavy atom. The van der Waals surface area contributed by atoms with Crippen LogP contribution in [0.4, 0.5) is 0 Å². The quantitative estimate of drug-likeness (QED) is 0.743. The van der Waals surface area contributed by atoms with Crippen LogP contribution in [0.5, 0.6) is 0 Å². The molecule has 0 spiro atoms. The van der Waals surface area contributed by atoms with Crippen LogP contribution >= 0.6 is 15.9 Å². The summed E-state index contributed by atoms with van der Waals surface area (Å²) >= 11 is 3.26. The number of sulfonamides is 1. The maximum atomic E-state index is 12.7. The van der Waals surface area contributed by atoms with E-state index >= 15 is 0 Å². The molecule has 1 aromatic rings. The van der Waals surface area contributed by atoms with Crippen molar-refractivity contribution in [1.82, 2.24) is 14.2 Å². The molecule has 0 saturated heterocycles. The second-order valence-corrected chi connectivity index (χ2v) is 8.25. The van der Waals surface area contributed by atoms with Gasteiger partial charge in [0.25, 0.3) is 0 Å². The summed E-state index contributed by atoms with van der Waals surface area (Å²) < 4.78 is 27.5. The standard InChI is InChI=1S/C13H22BrN3O2S/c1-11(2)10-17(6-5-16(3)4)20(18,19)13-7-12(14)8-15-9-13/h7-9,11H,5-6,10H2,1-4H3. The average molecular weight is 364 g/mol. The molecule has 0 unspecified atom stereocenters. The van der Waals surface area contributed by atoms with Crippen molar-refractivity contribution in [2.24, 2.45) is 5.92 Å². The molecule has 1 heterocycles. The molecule has 0 aromatic carbocycles. The Kier molecular flexibility index (Phi) is 6.57. The third-order valence-electron chi connectivity index (χ3n) is 2.68. The van der Waals surface area contributed by atoms with Gasteiger partial charge < -0.3 is 4.90 Å². The highest BCUT2D eigenvalue weighted by Gasteiger charge is 2.25. The molecule has 7 heteroatoms. The molecule has 5 nitrogen and oxygen atoms in total. The van der Waals surface area contributed by atoms with E-state index in [0.717, 1.165) is 0 Å². The van der Waals surface area contributed by atoms with E-state index < -0.39 is 10.0 Å². The molecule has 0 atom stereocenters. The molecule has 1 rings (SSSR count). The van der Waals surface area contributed by atoms with E-state index in [2.05, 4.69) is 20.9 Å². The fourth-order valence-electron chi connectivity index (χ4n) is 1.71. The van der Waals surface area contributed by atoms with Gasteiger partial charge in [-0.3, -0.25) is 4.98 Å². The third kappa shape index (κ3) is 5.12. The number of likely N-dealkylation sites (N-methyl/N-ethyl adjacent to an activating group) is 1. The summed E-state index contributed by atoms with van der Waals surface area (Å²) in [6.45, 7) is 5.69.